The molecule has 1 aliphatic rings. The molecule has 1 N–H and O–H groups in total. The van der Waals surface area contributed by atoms with Crippen molar-refractivity contribution in [1.82, 2.24) is 4.31 Å². The molecule has 1 atom stereocenters. The maximum absolute atomic E-state index is 12.9. The number of hydrogen-bond acceptors (Lipinski definition) is 5. The predicted molar refractivity (Wildman–Crippen MR) is 120 cm³/mol. The van der Waals surface area contributed by atoms with E-state index in [2.05, 4.69) is 5.32 Å². The second kappa shape index (κ2) is 9.99. The zero-order chi connectivity index (χ0) is 22.6. The first-order valence-electron chi connectivity index (χ1n) is 9.61. The van der Waals surface area contributed by atoms with E-state index in [1.54, 1.807) is 36.4 Å². The van der Waals surface area contributed by atoms with Crippen LogP contribution in [-0.4, -0.2) is 44.8 Å². The van der Waals surface area contributed by atoms with E-state index in [-0.39, 0.29) is 28.8 Å². The molecule has 0 radical (unpaired) electrons. The largest absolute Gasteiger partial charge is 0.465 e. The number of anilines is 1. The molecular formula is C21H22Cl2N2O5S. The van der Waals surface area contributed by atoms with E-state index in [1.807, 2.05) is 0 Å². The number of rotatable bonds is 6. The van der Waals surface area contributed by atoms with E-state index in [1.165, 1.54) is 17.5 Å². The summed E-state index contributed by atoms with van der Waals surface area (Å²) in [5, 5.41) is 3.38. The topological polar surface area (TPSA) is 92.8 Å². The molecule has 10 heteroatoms. The second-order valence-corrected chi connectivity index (χ2v) is 10.0. The summed E-state index contributed by atoms with van der Waals surface area (Å²) in [4.78, 5) is 24.7. The van der Waals surface area contributed by atoms with Crippen molar-refractivity contribution in [3.05, 3.63) is 63.6 Å². The molecule has 1 heterocycles. The fourth-order valence-electron chi connectivity index (χ4n) is 3.46. The average molecular weight is 485 g/mol. The van der Waals surface area contributed by atoms with Gasteiger partial charge in [0.1, 0.15) is 0 Å². The summed E-state index contributed by atoms with van der Waals surface area (Å²) >= 11 is 11.9. The van der Waals surface area contributed by atoms with Crippen LogP contribution in [0.2, 0.25) is 10.0 Å². The number of esters is 1. The van der Waals surface area contributed by atoms with Crippen LogP contribution in [0.3, 0.4) is 0 Å². The zero-order valence-electron chi connectivity index (χ0n) is 16.8. The fourth-order valence-corrected chi connectivity index (χ4v) is 5.37. The Labute approximate surface area is 191 Å². The number of methoxy groups -OCH3 is 1. The summed E-state index contributed by atoms with van der Waals surface area (Å²) in [6, 6.07) is 11.2. The first-order chi connectivity index (χ1) is 14.7. The van der Waals surface area contributed by atoms with E-state index in [9.17, 15) is 18.0 Å². The Morgan fingerprint density at radius 1 is 1.16 bits per heavy atom. The Morgan fingerprint density at radius 2 is 1.90 bits per heavy atom. The van der Waals surface area contributed by atoms with Gasteiger partial charge in [-0.15, -0.1) is 0 Å². The van der Waals surface area contributed by atoms with Crippen molar-refractivity contribution < 1.29 is 22.7 Å². The van der Waals surface area contributed by atoms with Gasteiger partial charge in [-0.3, -0.25) is 4.79 Å². The third-order valence-electron chi connectivity index (χ3n) is 5.07. The van der Waals surface area contributed by atoms with Crippen molar-refractivity contribution in [3.8, 4) is 0 Å². The highest BCUT2D eigenvalue weighted by Gasteiger charge is 2.33. The van der Waals surface area contributed by atoms with E-state index in [4.69, 9.17) is 27.9 Å². The number of benzene rings is 2. The number of piperidine rings is 1. The van der Waals surface area contributed by atoms with Crippen molar-refractivity contribution in [1.29, 1.82) is 0 Å². The lowest BCUT2D eigenvalue weighted by molar-refractivity contribution is -0.120. The summed E-state index contributed by atoms with van der Waals surface area (Å²) in [7, 11) is -2.39. The Balaban J connectivity index is 1.70. The summed E-state index contributed by atoms with van der Waals surface area (Å²) < 4.78 is 31.9. The predicted octanol–water partition coefficient (Wildman–Crippen LogP) is 3.96. The summed E-state index contributed by atoms with van der Waals surface area (Å²) in [6.07, 6.45) is 1.10. The molecule has 2 aromatic rings. The van der Waals surface area contributed by atoms with E-state index in [0.29, 0.717) is 35.7 Å². The molecule has 1 fully saturated rings. The number of sulfonamides is 1. The van der Waals surface area contributed by atoms with Crippen LogP contribution in [0.25, 0.3) is 0 Å². The van der Waals surface area contributed by atoms with Gasteiger partial charge in [-0.25, -0.2) is 17.5 Å². The monoisotopic (exact) mass is 484 g/mol. The number of carbonyl (C=O) groups excluding carboxylic acids is 2. The lowest BCUT2D eigenvalue weighted by Crippen LogP contribution is -2.44. The van der Waals surface area contributed by atoms with Crippen LogP contribution in [0.4, 0.5) is 5.69 Å². The number of nitrogens with zero attached hydrogens (tertiary/aromatic N) is 1. The molecule has 0 spiro atoms. The van der Waals surface area contributed by atoms with Crippen molar-refractivity contribution in [3.63, 3.8) is 0 Å². The minimum atomic E-state index is -3.65. The van der Waals surface area contributed by atoms with Gasteiger partial charge in [0.15, 0.2) is 0 Å². The number of ether oxygens (including phenoxy) is 1. The fraction of sp³-hybridized carbons (Fsp3) is 0.333. The van der Waals surface area contributed by atoms with Crippen LogP contribution < -0.4 is 5.32 Å². The van der Waals surface area contributed by atoms with Gasteiger partial charge < -0.3 is 10.1 Å². The van der Waals surface area contributed by atoms with Crippen LogP contribution in [0.15, 0.2) is 42.5 Å². The molecule has 0 aliphatic carbocycles. The highest BCUT2D eigenvalue weighted by atomic mass is 35.5. The minimum Gasteiger partial charge on any atom is -0.465 e. The van der Waals surface area contributed by atoms with Crippen LogP contribution in [-0.2, 0) is 25.3 Å². The molecule has 1 amide bonds. The van der Waals surface area contributed by atoms with Crippen LogP contribution in [0, 0.1) is 5.92 Å². The van der Waals surface area contributed by atoms with Gasteiger partial charge in [-0.1, -0.05) is 41.4 Å². The van der Waals surface area contributed by atoms with Crippen molar-refractivity contribution in [2.24, 2.45) is 5.92 Å². The van der Waals surface area contributed by atoms with Crippen LogP contribution in [0.5, 0.6) is 0 Å². The number of amides is 1. The Kier molecular flexibility index (Phi) is 7.59. The first-order valence-corrected chi connectivity index (χ1v) is 12.0. The van der Waals surface area contributed by atoms with Gasteiger partial charge in [0.25, 0.3) is 0 Å². The van der Waals surface area contributed by atoms with Crippen LogP contribution in [0.1, 0.15) is 28.8 Å². The van der Waals surface area contributed by atoms with E-state index >= 15 is 0 Å². The number of nitrogens with one attached hydrogen (secondary N) is 1. The Bertz CT molecular complexity index is 1090. The van der Waals surface area contributed by atoms with E-state index in [0.717, 1.165) is 0 Å². The Hall–Kier alpha value is -2.13. The lowest BCUT2D eigenvalue weighted by Gasteiger charge is -2.31. The van der Waals surface area contributed by atoms with Crippen LogP contribution >= 0.6 is 23.2 Å². The normalized spacial score (nSPS) is 17.2. The maximum Gasteiger partial charge on any atom is 0.339 e. The number of hydrogen-bond donors (Lipinski definition) is 1. The second-order valence-electron chi connectivity index (χ2n) is 7.23. The summed E-state index contributed by atoms with van der Waals surface area (Å²) in [5.41, 5.74) is 1.08. The van der Waals surface area contributed by atoms with Gasteiger partial charge in [-0.2, -0.15) is 0 Å². The quantitative estimate of drug-likeness (QED) is 0.626. The molecule has 1 unspecified atom stereocenters. The third kappa shape index (κ3) is 5.77. The average Bonchev–Trinajstić information content (AvgIpc) is 2.76. The Morgan fingerprint density at radius 3 is 2.61 bits per heavy atom. The SMILES string of the molecule is COC(=O)c1ccccc1NC(=O)C1CCCN(S(=O)(=O)Cc2ccc(Cl)c(Cl)c2)C1. The van der Waals surface area contributed by atoms with Crippen molar-refractivity contribution >= 4 is 50.8 Å². The van der Waals surface area contributed by atoms with Gasteiger partial charge in [0, 0.05) is 13.1 Å². The van der Waals surface area contributed by atoms with Gasteiger partial charge >= 0.3 is 5.97 Å². The number of halogens is 2. The molecule has 31 heavy (non-hydrogen) atoms. The molecule has 7 nitrogen and oxygen atoms in total. The number of carbonyl (C=O) groups is 2. The van der Waals surface area contributed by atoms with Gasteiger partial charge in [0.05, 0.1) is 40.1 Å². The lowest BCUT2D eigenvalue weighted by atomic mass is 9.98. The molecule has 0 aromatic heterocycles. The maximum atomic E-state index is 12.9. The number of para-hydroxylation sites is 1. The summed E-state index contributed by atoms with van der Waals surface area (Å²) in [6.45, 7) is 0.405. The van der Waals surface area contributed by atoms with Gasteiger partial charge in [-0.05, 0) is 42.7 Å². The molecule has 0 bridgehead atoms. The summed E-state index contributed by atoms with van der Waals surface area (Å²) in [5.74, 6) is -1.68. The highest BCUT2D eigenvalue weighted by Crippen LogP contribution is 2.27. The molecule has 1 saturated heterocycles. The molecule has 2 aromatic carbocycles. The highest BCUT2D eigenvalue weighted by molar-refractivity contribution is 7.88. The molecule has 1 aliphatic heterocycles. The molecule has 166 valence electrons. The van der Waals surface area contributed by atoms with Crippen molar-refractivity contribution in [2.45, 2.75) is 18.6 Å². The van der Waals surface area contributed by atoms with E-state index < -0.39 is 21.9 Å². The van der Waals surface area contributed by atoms with Gasteiger partial charge in [0.2, 0.25) is 15.9 Å². The third-order valence-corrected chi connectivity index (χ3v) is 7.63. The zero-order valence-corrected chi connectivity index (χ0v) is 19.1. The standard InChI is InChI=1S/C21H22Cl2N2O5S/c1-30-21(27)16-6-2-3-7-19(16)24-20(26)15-5-4-10-25(12-15)31(28,29)13-14-8-9-17(22)18(23)11-14/h2-3,6-9,11,15H,4-5,10,12-13H2,1H3,(H,24,26). The van der Waals surface area contributed by atoms with Crippen molar-refractivity contribution in [2.75, 3.05) is 25.5 Å². The smallest absolute Gasteiger partial charge is 0.339 e. The molecule has 3 rings (SSSR count). The minimum absolute atomic E-state index is 0.0654. The molecular weight excluding hydrogens is 463 g/mol. The molecule has 0 saturated carbocycles. The first kappa shape index (κ1) is 23.5.